The lowest BCUT2D eigenvalue weighted by molar-refractivity contribution is -0.139. The van der Waals surface area contributed by atoms with Gasteiger partial charge in [0.2, 0.25) is 10.0 Å². The molecular formula is C7H15NO4S. The summed E-state index contributed by atoms with van der Waals surface area (Å²) < 4.78 is 24.6. The summed E-state index contributed by atoms with van der Waals surface area (Å²) in [7, 11) is -3.49. The molecule has 0 amide bonds. The van der Waals surface area contributed by atoms with Crippen LogP contribution in [0.3, 0.4) is 0 Å². The number of carboxylic acids is 1. The molecule has 78 valence electrons. The van der Waals surface area contributed by atoms with Gasteiger partial charge >= 0.3 is 5.97 Å². The monoisotopic (exact) mass is 209 g/mol. The van der Waals surface area contributed by atoms with Crippen LogP contribution < -0.4 is 4.72 Å². The summed E-state index contributed by atoms with van der Waals surface area (Å²) in [5.41, 5.74) is 0. The quantitative estimate of drug-likeness (QED) is 0.676. The third kappa shape index (κ3) is 3.73. The molecule has 0 heterocycles. The standard InChI is InChI=1S/C7H15NO4S/c1-4-6(7(9)10)8-13(11,12)5(2)3/h5-6,8H,4H2,1-3H3,(H,9,10). The van der Waals surface area contributed by atoms with Crippen molar-refractivity contribution < 1.29 is 18.3 Å². The molecule has 0 aromatic carbocycles. The summed E-state index contributed by atoms with van der Waals surface area (Å²) in [6.45, 7) is 4.61. The lowest BCUT2D eigenvalue weighted by Crippen LogP contribution is -2.43. The van der Waals surface area contributed by atoms with Gasteiger partial charge < -0.3 is 5.11 Å². The van der Waals surface area contributed by atoms with Crippen molar-refractivity contribution in [3.63, 3.8) is 0 Å². The van der Waals surface area contributed by atoms with Crippen molar-refractivity contribution in [2.24, 2.45) is 0 Å². The molecule has 0 spiro atoms. The van der Waals surface area contributed by atoms with Gasteiger partial charge in [0.05, 0.1) is 5.25 Å². The van der Waals surface area contributed by atoms with E-state index < -0.39 is 27.3 Å². The van der Waals surface area contributed by atoms with Crippen LogP contribution in [0.15, 0.2) is 0 Å². The van der Waals surface area contributed by atoms with Gasteiger partial charge in [0.15, 0.2) is 0 Å². The fraction of sp³-hybridized carbons (Fsp3) is 0.857. The van der Waals surface area contributed by atoms with Crippen LogP contribution in [-0.2, 0) is 14.8 Å². The third-order valence-corrected chi connectivity index (χ3v) is 3.49. The summed E-state index contributed by atoms with van der Waals surface area (Å²) in [6.07, 6.45) is 0.237. The average Bonchev–Trinajstić information content (AvgIpc) is 1.99. The Balaban J connectivity index is 4.50. The smallest absolute Gasteiger partial charge is 0.321 e. The number of hydrogen-bond donors (Lipinski definition) is 2. The zero-order valence-corrected chi connectivity index (χ0v) is 8.76. The topological polar surface area (TPSA) is 83.5 Å². The Morgan fingerprint density at radius 3 is 2.15 bits per heavy atom. The van der Waals surface area contributed by atoms with Crippen LogP contribution in [0.5, 0.6) is 0 Å². The summed E-state index contributed by atoms with van der Waals surface area (Å²) in [4.78, 5) is 10.5. The Labute approximate surface area is 78.2 Å². The van der Waals surface area contributed by atoms with Crippen molar-refractivity contribution in [1.29, 1.82) is 0 Å². The van der Waals surface area contributed by atoms with E-state index in [2.05, 4.69) is 4.72 Å². The van der Waals surface area contributed by atoms with E-state index in [1.54, 1.807) is 6.92 Å². The maximum absolute atomic E-state index is 11.2. The molecule has 0 bridgehead atoms. The van der Waals surface area contributed by atoms with Gasteiger partial charge in [0.25, 0.3) is 0 Å². The Kier molecular flexibility index (Phi) is 4.35. The van der Waals surface area contributed by atoms with Crippen molar-refractivity contribution in [3.05, 3.63) is 0 Å². The highest BCUT2D eigenvalue weighted by molar-refractivity contribution is 7.90. The van der Waals surface area contributed by atoms with Crippen LogP contribution in [0.25, 0.3) is 0 Å². The predicted octanol–water partition coefficient (Wildman–Crippen LogP) is 0.177. The zero-order valence-electron chi connectivity index (χ0n) is 7.94. The molecule has 0 aliphatic heterocycles. The van der Waals surface area contributed by atoms with Crippen molar-refractivity contribution in [2.75, 3.05) is 0 Å². The van der Waals surface area contributed by atoms with Gasteiger partial charge in [-0.15, -0.1) is 0 Å². The van der Waals surface area contributed by atoms with E-state index in [0.717, 1.165) is 0 Å². The van der Waals surface area contributed by atoms with E-state index in [0.29, 0.717) is 0 Å². The molecule has 0 aromatic heterocycles. The van der Waals surface area contributed by atoms with Crippen LogP contribution in [0, 0.1) is 0 Å². The van der Waals surface area contributed by atoms with Gasteiger partial charge in [-0.25, -0.2) is 13.1 Å². The van der Waals surface area contributed by atoms with Crippen LogP contribution in [0.1, 0.15) is 27.2 Å². The number of hydrogen-bond acceptors (Lipinski definition) is 3. The molecule has 2 N–H and O–H groups in total. The Morgan fingerprint density at radius 2 is 1.92 bits per heavy atom. The second kappa shape index (κ2) is 4.57. The highest BCUT2D eigenvalue weighted by atomic mass is 32.2. The van der Waals surface area contributed by atoms with E-state index in [4.69, 9.17) is 5.11 Å². The summed E-state index contributed by atoms with van der Waals surface area (Å²) in [6, 6.07) is -1.02. The first-order valence-corrected chi connectivity index (χ1v) is 5.59. The fourth-order valence-electron chi connectivity index (χ4n) is 0.643. The van der Waals surface area contributed by atoms with Crippen LogP contribution in [0.4, 0.5) is 0 Å². The molecule has 1 unspecified atom stereocenters. The Hall–Kier alpha value is -0.620. The molecule has 0 saturated heterocycles. The van der Waals surface area contributed by atoms with Gasteiger partial charge in [-0.1, -0.05) is 6.92 Å². The molecule has 0 aliphatic carbocycles. The molecule has 5 nitrogen and oxygen atoms in total. The Bertz CT molecular complexity index is 270. The molecular weight excluding hydrogens is 194 g/mol. The molecule has 0 rings (SSSR count). The molecule has 0 fully saturated rings. The number of rotatable bonds is 5. The second-order valence-corrected chi connectivity index (χ2v) is 5.28. The van der Waals surface area contributed by atoms with Crippen molar-refractivity contribution in [1.82, 2.24) is 4.72 Å². The van der Waals surface area contributed by atoms with Gasteiger partial charge in [-0.2, -0.15) is 0 Å². The fourth-order valence-corrected chi connectivity index (χ4v) is 1.58. The van der Waals surface area contributed by atoms with Gasteiger partial charge in [0, 0.05) is 0 Å². The third-order valence-electron chi connectivity index (χ3n) is 1.63. The highest BCUT2D eigenvalue weighted by Gasteiger charge is 2.24. The molecule has 6 heteroatoms. The average molecular weight is 209 g/mol. The maximum atomic E-state index is 11.2. The number of aliphatic carboxylic acids is 1. The van der Waals surface area contributed by atoms with E-state index in [1.807, 2.05) is 0 Å². The zero-order chi connectivity index (χ0) is 10.6. The minimum Gasteiger partial charge on any atom is -0.480 e. The Morgan fingerprint density at radius 1 is 1.46 bits per heavy atom. The first kappa shape index (κ1) is 12.4. The number of nitrogens with one attached hydrogen (secondary N) is 1. The van der Waals surface area contributed by atoms with E-state index in [9.17, 15) is 13.2 Å². The maximum Gasteiger partial charge on any atom is 0.321 e. The number of sulfonamides is 1. The molecule has 0 aliphatic rings. The number of carbonyl (C=O) groups is 1. The summed E-state index contributed by atoms with van der Waals surface area (Å²) in [5, 5.41) is 7.98. The van der Waals surface area contributed by atoms with Crippen LogP contribution in [0.2, 0.25) is 0 Å². The first-order chi connectivity index (χ1) is 5.81. The van der Waals surface area contributed by atoms with Crippen molar-refractivity contribution in [3.8, 4) is 0 Å². The molecule has 0 aromatic rings. The van der Waals surface area contributed by atoms with Gasteiger partial charge in [-0.05, 0) is 20.3 Å². The van der Waals surface area contributed by atoms with Gasteiger partial charge in [-0.3, -0.25) is 4.79 Å². The van der Waals surface area contributed by atoms with Gasteiger partial charge in [0.1, 0.15) is 6.04 Å². The predicted molar refractivity (Wildman–Crippen MR) is 48.9 cm³/mol. The lowest BCUT2D eigenvalue weighted by atomic mass is 10.2. The lowest BCUT2D eigenvalue weighted by Gasteiger charge is -2.14. The summed E-state index contributed by atoms with van der Waals surface area (Å²) >= 11 is 0. The molecule has 0 saturated carbocycles. The molecule has 13 heavy (non-hydrogen) atoms. The van der Waals surface area contributed by atoms with Crippen LogP contribution in [-0.4, -0.2) is 30.8 Å². The van der Waals surface area contributed by atoms with Crippen LogP contribution >= 0.6 is 0 Å². The highest BCUT2D eigenvalue weighted by Crippen LogP contribution is 2.00. The van der Waals surface area contributed by atoms with E-state index >= 15 is 0 Å². The molecule has 1 atom stereocenters. The molecule has 0 radical (unpaired) electrons. The minimum absolute atomic E-state index is 0.237. The van der Waals surface area contributed by atoms with Crippen molar-refractivity contribution >= 4 is 16.0 Å². The van der Waals surface area contributed by atoms with E-state index in [1.165, 1.54) is 13.8 Å². The second-order valence-electron chi connectivity index (χ2n) is 3.01. The van der Waals surface area contributed by atoms with Crippen molar-refractivity contribution in [2.45, 2.75) is 38.5 Å². The summed E-state index contributed by atoms with van der Waals surface area (Å²) in [5.74, 6) is -1.15. The normalized spacial score (nSPS) is 14.5. The number of carboxylic acid groups (broad SMARTS) is 1. The SMILES string of the molecule is CCC(NS(=O)(=O)C(C)C)C(=O)O. The largest absolute Gasteiger partial charge is 0.480 e. The van der Waals surface area contributed by atoms with E-state index in [-0.39, 0.29) is 6.42 Å². The minimum atomic E-state index is -3.49. The first-order valence-electron chi connectivity index (χ1n) is 4.05.